The van der Waals surface area contributed by atoms with Gasteiger partial charge in [-0.25, -0.2) is 0 Å². The molecule has 1 amide bonds. The average molecular weight is 521 g/mol. The first-order chi connectivity index (χ1) is 14.5. The van der Waals surface area contributed by atoms with Crippen molar-refractivity contribution in [2.24, 2.45) is 0 Å². The molecule has 0 aliphatic carbocycles. The first kappa shape index (κ1) is 20.7. The van der Waals surface area contributed by atoms with E-state index >= 15 is 0 Å². The maximum atomic E-state index is 12.9. The monoisotopic (exact) mass is 521 g/mol. The Morgan fingerprint density at radius 2 is 1.83 bits per heavy atom. The van der Waals surface area contributed by atoms with Crippen LogP contribution in [0.1, 0.15) is 17.2 Å². The number of Topliss-reactive ketones (excluding diaryl/α,β-unsaturated/α-hetero) is 1. The zero-order chi connectivity index (χ0) is 21.3. The highest BCUT2D eigenvalue weighted by molar-refractivity contribution is 14.1. The van der Waals surface area contributed by atoms with E-state index in [-0.39, 0.29) is 24.5 Å². The molecule has 0 bridgehead atoms. The molecule has 1 saturated heterocycles. The number of likely N-dealkylation sites (tertiary alicyclic amines) is 1. The second kappa shape index (κ2) is 8.65. The average Bonchev–Trinajstić information content (AvgIpc) is 3.02. The molecular weight excluding hydrogens is 501 g/mol. The van der Waals surface area contributed by atoms with Gasteiger partial charge in [-0.3, -0.25) is 9.59 Å². The van der Waals surface area contributed by atoms with Crippen molar-refractivity contribution >= 4 is 40.0 Å². The lowest BCUT2D eigenvalue weighted by atomic mass is 9.95. The second-order valence-electron chi connectivity index (χ2n) is 6.90. The standard InChI is InChI=1S/C22H20INO6/c1-28-9-8-24-19(13-2-5-15(23)6-3-13)18(21(26)22(24)27)20(25)14-4-7-16-17(12-14)30-11-10-29-16/h2-7,12,19,25H,8-11H2,1H3. The molecule has 4 rings (SSSR count). The van der Waals surface area contributed by atoms with Gasteiger partial charge in [-0.2, -0.15) is 0 Å². The number of fused-ring (bicyclic) bond motifs is 1. The summed E-state index contributed by atoms with van der Waals surface area (Å²) in [5.74, 6) is -0.553. The summed E-state index contributed by atoms with van der Waals surface area (Å²) in [6.45, 7) is 1.37. The Morgan fingerprint density at radius 1 is 1.13 bits per heavy atom. The van der Waals surface area contributed by atoms with Crippen molar-refractivity contribution in [1.82, 2.24) is 4.90 Å². The molecule has 2 heterocycles. The van der Waals surface area contributed by atoms with Crippen molar-refractivity contribution in [3.05, 3.63) is 62.7 Å². The van der Waals surface area contributed by atoms with Crippen molar-refractivity contribution in [2.75, 3.05) is 33.5 Å². The van der Waals surface area contributed by atoms with Crippen LogP contribution in [0.3, 0.4) is 0 Å². The summed E-state index contributed by atoms with van der Waals surface area (Å²) in [6, 6.07) is 11.8. The van der Waals surface area contributed by atoms with Crippen molar-refractivity contribution < 1.29 is 28.9 Å². The van der Waals surface area contributed by atoms with Crippen LogP contribution < -0.4 is 9.47 Å². The number of halogens is 1. The third-order valence-corrected chi connectivity index (χ3v) is 5.80. The number of benzene rings is 2. The number of nitrogens with zero attached hydrogens (tertiary/aromatic N) is 1. The Balaban J connectivity index is 1.82. The number of hydrogen-bond donors (Lipinski definition) is 1. The van der Waals surface area contributed by atoms with Crippen LogP contribution in [0.15, 0.2) is 48.0 Å². The molecule has 8 heteroatoms. The fraction of sp³-hybridized carbons (Fsp3) is 0.273. The van der Waals surface area contributed by atoms with E-state index in [2.05, 4.69) is 22.6 Å². The van der Waals surface area contributed by atoms with Crippen molar-refractivity contribution in [1.29, 1.82) is 0 Å². The van der Waals surface area contributed by atoms with Gasteiger partial charge in [-0.1, -0.05) is 12.1 Å². The van der Waals surface area contributed by atoms with Crippen LogP contribution in [-0.2, 0) is 14.3 Å². The van der Waals surface area contributed by atoms with Crippen LogP contribution in [0.2, 0.25) is 0 Å². The lowest BCUT2D eigenvalue weighted by molar-refractivity contribution is -0.140. The molecule has 0 aromatic heterocycles. The van der Waals surface area contributed by atoms with E-state index in [9.17, 15) is 14.7 Å². The molecule has 1 fully saturated rings. The van der Waals surface area contributed by atoms with Gasteiger partial charge in [0.2, 0.25) is 0 Å². The second-order valence-corrected chi connectivity index (χ2v) is 8.14. The summed E-state index contributed by atoms with van der Waals surface area (Å²) < 4.78 is 17.2. The summed E-state index contributed by atoms with van der Waals surface area (Å²) in [6.07, 6.45) is 0. The number of ether oxygens (including phenoxy) is 3. The fourth-order valence-corrected chi connectivity index (χ4v) is 4.00. The molecule has 156 valence electrons. The first-order valence-electron chi connectivity index (χ1n) is 9.44. The van der Waals surface area contributed by atoms with Gasteiger partial charge in [0, 0.05) is 22.8 Å². The molecule has 2 aliphatic rings. The third-order valence-electron chi connectivity index (χ3n) is 5.08. The van der Waals surface area contributed by atoms with E-state index in [4.69, 9.17) is 14.2 Å². The highest BCUT2D eigenvalue weighted by Crippen LogP contribution is 2.41. The molecule has 2 aromatic rings. The number of aliphatic hydroxyl groups is 1. The predicted molar refractivity (Wildman–Crippen MR) is 117 cm³/mol. The molecule has 1 atom stereocenters. The van der Waals surface area contributed by atoms with Crippen LogP contribution in [0.4, 0.5) is 0 Å². The summed E-state index contributed by atoms with van der Waals surface area (Å²) in [7, 11) is 1.53. The van der Waals surface area contributed by atoms with E-state index in [1.54, 1.807) is 18.2 Å². The van der Waals surface area contributed by atoms with E-state index in [0.29, 0.717) is 30.3 Å². The Bertz CT molecular complexity index is 1020. The molecule has 1 N–H and O–H groups in total. The molecule has 0 radical (unpaired) electrons. The van der Waals surface area contributed by atoms with E-state index < -0.39 is 17.7 Å². The zero-order valence-electron chi connectivity index (χ0n) is 16.3. The Hall–Kier alpha value is -2.59. The molecule has 2 aromatic carbocycles. The number of aliphatic hydroxyl groups excluding tert-OH is 1. The van der Waals surface area contributed by atoms with Crippen molar-refractivity contribution in [2.45, 2.75) is 6.04 Å². The smallest absolute Gasteiger partial charge is 0.295 e. The summed E-state index contributed by atoms with van der Waals surface area (Å²) in [5.41, 5.74) is 1.18. The Kier molecular flexibility index (Phi) is 5.96. The number of hydrogen-bond acceptors (Lipinski definition) is 6. The third kappa shape index (κ3) is 3.77. The SMILES string of the molecule is COCCN1C(=O)C(=O)C(=C(O)c2ccc3c(c2)OCCO3)C1c1ccc(I)cc1. The Morgan fingerprint density at radius 3 is 2.53 bits per heavy atom. The van der Waals surface area contributed by atoms with Crippen molar-refractivity contribution in [3.8, 4) is 11.5 Å². The minimum absolute atomic E-state index is 0.0500. The molecule has 1 unspecified atom stereocenters. The number of carbonyl (C=O) groups is 2. The highest BCUT2D eigenvalue weighted by Gasteiger charge is 2.45. The molecule has 0 saturated carbocycles. The minimum Gasteiger partial charge on any atom is -0.507 e. The zero-order valence-corrected chi connectivity index (χ0v) is 18.4. The quantitative estimate of drug-likeness (QED) is 0.282. The summed E-state index contributed by atoms with van der Waals surface area (Å²) in [5, 5.41) is 11.1. The normalized spacial score (nSPS) is 19.9. The minimum atomic E-state index is -0.720. The molecule has 7 nitrogen and oxygen atoms in total. The highest BCUT2D eigenvalue weighted by atomic mass is 127. The lowest BCUT2D eigenvalue weighted by Crippen LogP contribution is -2.32. The predicted octanol–water partition coefficient (Wildman–Crippen LogP) is 3.13. The van der Waals surface area contributed by atoms with Gasteiger partial charge < -0.3 is 24.2 Å². The molecule has 2 aliphatic heterocycles. The molecule has 30 heavy (non-hydrogen) atoms. The van der Waals surface area contributed by atoms with Crippen LogP contribution in [0.5, 0.6) is 11.5 Å². The van der Waals surface area contributed by atoms with Crippen LogP contribution in [-0.4, -0.2) is 55.2 Å². The Labute approximate surface area is 187 Å². The van der Waals surface area contributed by atoms with Gasteiger partial charge in [-0.15, -0.1) is 0 Å². The number of carbonyl (C=O) groups excluding carboxylic acids is 2. The number of methoxy groups -OCH3 is 1. The van der Waals surface area contributed by atoms with Gasteiger partial charge in [0.05, 0.1) is 18.2 Å². The van der Waals surface area contributed by atoms with Crippen molar-refractivity contribution in [3.63, 3.8) is 0 Å². The lowest BCUT2D eigenvalue weighted by Gasteiger charge is -2.25. The van der Waals surface area contributed by atoms with Gasteiger partial charge in [0.25, 0.3) is 11.7 Å². The molecule has 0 spiro atoms. The molecular formula is C22H20INO6. The van der Waals surface area contributed by atoms with E-state index in [1.165, 1.54) is 12.0 Å². The largest absolute Gasteiger partial charge is 0.507 e. The van der Waals surface area contributed by atoms with E-state index in [0.717, 1.165) is 9.13 Å². The number of rotatable bonds is 5. The summed E-state index contributed by atoms with van der Waals surface area (Å²) in [4.78, 5) is 27.1. The first-order valence-corrected chi connectivity index (χ1v) is 10.5. The number of ketones is 1. The number of amides is 1. The fourth-order valence-electron chi connectivity index (χ4n) is 3.64. The van der Waals surface area contributed by atoms with Gasteiger partial charge in [-0.05, 0) is 58.5 Å². The van der Waals surface area contributed by atoms with Crippen LogP contribution >= 0.6 is 22.6 Å². The van der Waals surface area contributed by atoms with E-state index in [1.807, 2.05) is 24.3 Å². The van der Waals surface area contributed by atoms with Crippen LogP contribution in [0.25, 0.3) is 5.76 Å². The maximum Gasteiger partial charge on any atom is 0.295 e. The topological polar surface area (TPSA) is 85.3 Å². The van der Waals surface area contributed by atoms with Gasteiger partial charge in [0.15, 0.2) is 11.5 Å². The van der Waals surface area contributed by atoms with Gasteiger partial charge in [0.1, 0.15) is 19.0 Å². The van der Waals surface area contributed by atoms with Gasteiger partial charge >= 0.3 is 0 Å². The maximum absolute atomic E-state index is 12.9. The summed E-state index contributed by atoms with van der Waals surface area (Å²) >= 11 is 2.19. The van der Waals surface area contributed by atoms with Crippen LogP contribution in [0, 0.1) is 3.57 Å².